The van der Waals surface area contributed by atoms with E-state index in [9.17, 15) is 68.1 Å². The number of aromatic nitrogens is 1. The zero-order valence-electron chi connectivity index (χ0n) is 57.6. The molecule has 0 aliphatic heterocycles. The lowest BCUT2D eigenvalue weighted by Gasteiger charge is -2.32. The Morgan fingerprint density at radius 1 is 0.400 bits per heavy atom. The van der Waals surface area contributed by atoms with Crippen LogP contribution in [0.5, 0.6) is 0 Å². The van der Waals surface area contributed by atoms with Gasteiger partial charge in [0.25, 0.3) is 0 Å². The van der Waals surface area contributed by atoms with Crippen molar-refractivity contribution in [3.05, 3.63) is 29.1 Å². The van der Waals surface area contributed by atoms with Crippen LogP contribution in [0.15, 0.2) is 12.3 Å². The molecule has 1 rings (SSSR count). The number of carbonyl (C=O) groups is 11. The Morgan fingerprint density at radius 3 is 1.02 bits per heavy atom. The number of unbranched alkanes of at least 4 members (excludes halogenated alkanes) is 1. The maximum Gasteiger partial charge on any atom is 0.420 e. The van der Waals surface area contributed by atoms with Gasteiger partial charge in [0.2, 0.25) is 0 Å². The molecule has 90 heavy (non-hydrogen) atoms. The second-order valence-corrected chi connectivity index (χ2v) is 29.8. The van der Waals surface area contributed by atoms with Gasteiger partial charge in [-0.25, -0.2) is 57.3 Å². The number of nitrogens with one attached hydrogen (secondary N) is 1. The Balaban J connectivity index is 4.60. The summed E-state index contributed by atoms with van der Waals surface area (Å²) in [6.45, 7) is 37.1. The Hall–Kier alpha value is -7.48. The van der Waals surface area contributed by atoms with Crippen molar-refractivity contribution in [3.63, 3.8) is 0 Å². The van der Waals surface area contributed by atoms with Crippen LogP contribution in [0.4, 0.5) is 33.6 Å². The maximum absolute atomic E-state index is 14.0. The lowest BCUT2D eigenvalue weighted by Crippen LogP contribution is -2.52. The lowest BCUT2D eigenvalue weighted by molar-refractivity contribution is -0.705. The summed E-state index contributed by atoms with van der Waals surface area (Å²) >= 11 is 0. The number of hydrogen-bond acceptors (Lipinski definition) is 19. The van der Waals surface area contributed by atoms with Crippen molar-refractivity contribution in [1.82, 2.24) is 20.0 Å². The van der Waals surface area contributed by atoms with Gasteiger partial charge in [-0.15, -0.1) is 0 Å². The summed E-state index contributed by atoms with van der Waals surface area (Å²) in [6.07, 6.45) is -9.11. The van der Waals surface area contributed by atoms with E-state index in [1.54, 1.807) is 58.4 Å². The van der Waals surface area contributed by atoms with Crippen molar-refractivity contribution in [2.75, 3.05) is 0 Å². The van der Waals surface area contributed by atoms with E-state index < -0.39 is 155 Å². The van der Waals surface area contributed by atoms with E-state index in [0.717, 1.165) is 0 Å². The SMILES string of the molecule is CC(C)(C)OC(=O)N[C@@H](CCCC[n+]1cc(CC[C@@H](C(=O)O)N(C(=O)OC(C)(C)C)C(=O)OC(C)(C)C)cc(CC[C@@H](C(=O)O)N(C(=O)OC(C)(C)C)C(=O)OC(C)(C)C)c1CCC[C@@H](C(=O)O)N(C(=O)OC(C)(C)C)C(=O)OC(C)(C)C)C(=O)OC(C)(C)C. The smallest absolute Gasteiger partial charge is 0.420 e. The van der Waals surface area contributed by atoms with Crippen molar-refractivity contribution in [2.24, 2.45) is 0 Å². The first-order valence-electron chi connectivity index (χ1n) is 30.1. The van der Waals surface area contributed by atoms with E-state index in [1.807, 2.05) is 0 Å². The molecule has 512 valence electrons. The number of carboxylic acid groups (broad SMARTS) is 3. The summed E-state index contributed by atoms with van der Waals surface area (Å²) in [6, 6.07) is -5.44. The predicted molar refractivity (Wildman–Crippen MR) is 326 cm³/mol. The molecular weight excluding hydrogens is 1180 g/mol. The number of nitrogens with zero attached hydrogens (tertiary/aromatic N) is 4. The number of aryl methyl sites for hydroxylation is 3. The highest BCUT2D eigenvalue weighted by Crippen LogP contribution is 2.27. The second-order valence-electron chi connectivity index (χ2n) is 29.8. The van der Waals surface area contributed by atoms with E-state index in [0.29, 0.717) is 26.0 Å². The van der Waals surface area contributed by atoms with E-state index >= 15 is 0 Å². The first-order valence-corrected chi connectivity index (χ1v) is 30.1. The van der Waals surface area contributed by atoms with Crippen LogP contribution in [0.2, 0.25) is 0 Å². The van der Waals surface area contributed by atoms with Crippen LogP contribution in [0.1, 0.15) is 228 Å². The minimum Gasteiger partial charge on any atom is -0.480 e. The van der Waals surface area contributed by atoms with Crippen LogP contribution in [-0.2, 0) is 82.9 Å². The molecule has 4 N–H and O–H groups in total. The molecule has 27 heteroatoms. The predicted octanol–water partition coefficient (Wildman–Crippen LogP) is 11.4. The summed E-state index contributed by atoms with van der Waals surface area (Å²) in [5, 5.41) is 35.0. The molecule has 0 spiro atoms. The number of hydrogen-bond donors (Lipinski definition) is 4. The zero-order chi connectivity index (χ0) is 70.3. The van der Waals surface area contributed by atoms with Gasteiger partial charge in [0.05, 0.1) is 0 Å². The quantitative estimate of drug-likeness (QED) is 0.0342. The number of aliphatic carboxylic acids is 3. The molecule has 0 unspecified atom stereocenters. The van der Waals surface area contributed by atoms with Gasteiger partial charge in [0.1, 0.15) is 75.5 Å². The Labute approximate surface area is 530 Å². The average Bonchev–Trinajstić information content (AvgIpc) is 3.30. The number of alkyl carbamates (subject to hydrolysis) is 1. The minimum atomic E-state index is -1.98. The van der Waals surface area contributed by atoms with Gasteiger partial charge in [0.15, 0.2) is 11.9 Å². The summed E-state index contributed by atoms with van der Waals surface area (Å²) in [5.41, 5.74) is -8.22. The molecule has 7 amide bonds. The fraction of sp³-hybridized carbons (Fsp3) is 0.746. The van der Waals surface area contributed by atoms with Gasteiger partial charge in [-0.05, 0) is 224 Å². The maximum atomic E-state index is 14.0. The average molecular weight is 1280 g/mol. The largest absolute Gasteiger partial charge is 0.480 e. The molecule has 0 aromatic carbocycles. The van der Waals surface area contributed by atoms with Crippen molar-refractivity contribution in [3.8, 4) is 0 Å². The number of carbonyl (C=O) groups excluding carboxylic acids is 8. The van der Waals surface area contributed by atoms with Crippen molar-refractivity contribution < 1.29 is 111 Å². The number of amides is 7. The lowest BCUT2D eigenvalue weighted by atomic mass is 9.95. The topological polar surface area (TPSA) is 348 Å². The highest BCUT2D eigenvalue weighted by molar-refractivity contribution is 5.95. The van der Waals surface area contributed by atoms with Crippen LogP contribution in [0.25, 0.3) is 0 Å². The molecule has 0 aliphatic rings. The molecular formula is C63H104N5O22+. The molecule has 0 fully saturated rings. The minimum absolute atomic E-state index is 0.00102. The first kappa shape index (κ1) is 80.5. The molecule has 1 aromatic rings. The fourth-order valence-corrected chi connectivity index (χ4v) is 8.37. The number of rotatable bonds is 23. The molecule has 0 saturated carbocycles. The summed E-state index contributed by atoms with van der Waals surface area (Å²) in [5.74, 6) is -5.64. The van der Waals surface area contributed by atoms with Crippen molar-refractivity contribution in [1.29, 1.82) is 0 Å². The normalized spacial score (nSPS) is 13.8. The van der Waals surface area contributed by atoms with E-state index in [4.69, 9.17) is 37.9 Å². The van der Waals surface area contributed by atoms with Gasteiger partial charge < -0.3 is 58.5 Å². The summed E-state index contributed by atoms with van der Waals surface area (Å²) < 4.78 is 45.9. The standard InChI is InChI=1S/C63H103N5O22/c1-56(2,3)83-48(75)40(64-49(76)84-57(4,5)6)28-25-26-35-65-37-38(31-33-43(46(71)72)67(52(79)87-60(13,14)15)53(80)88-61(16,17)18)36-39(32-34-44(47(73)74)68(54(81)89-62(19,20)21)55(82)90-63(22,23)24)41(65)29-27-30-42(45(69)70)66(50(77)85-58(7,8)9)51(78)86-59(10,11)12/h36-37,40,42-44H,25-35H2,1-24H3,(H3-,64,69,70,71,72,73,74,76)/p+1/t40-,42-,43-,44-/m0/s1. The van der Waals surface area contributed by atoms with Crippen molar-refractivity contribution in [2.45, 2.75) is 306 Å². The number of pyridine rings is 1. The summed E-state index contributed by atoms with van der Waals surface area (Å²) in [4.78, 5) is 151. The van der Waals surface area contributed by atoms with Crippen molar-refractivity contribution >= 4 is 66.5 Å². The third-order valence-corrected chi connectivity index (χ3v) is 11.5. The molecule has 0 saturated heterocycles. The van der Waals surface area contributed by atoms with E-state index in [1.165, 1.54) is 125 Å². The molecule has 0 radical (unpaired) electrons. The highest BCUT2D eigenvalue weighted by atomic mass is 16.6. The molecule has 0 aliphatic carbocycles. The van der Waals surface area contributed by atoms with Gasteiger partial charge in [-0.2, -0.15) is 14.7 Å². The molecule has 4 atom stereocenters. The van der Waals surface area contributed by atoms with Gasteiger partial charge in [-0.1, -0.05) is 0 Å². The molecule has 1 aromatic heterocycles. The highest BCUT2D eigenvalue weighted by Gasteiger charge is 2.44. The van der Waals surface area contributed by atoms with Gasteiger partial charge >= 0.3 is 66.5 Å². The molecule has 27 nitrogen and oxygen atoms in total. The zero-order valence-corrected chi connectivity index (χ0v) is 57.6. The van der Waals surface area contributed by atoms with Crippen LogP contribution in [0, 0.1) is 0 Å². The fourth-order valence-electron chi connectivity index (χ4n) is 8.37. The Morgan fingerprint density at radius 2 is 0.711 bits per heavy atom. The number of ether oxygens (including phenoxy) is 8. The summed E-state index contributed by atoms with van der Waals surface area (Å²) in [7, 11) is 0. The third kappa shape index (κ3) is 31.3. The number of imide groups is 3. The molecule has 1 heterocycles. The molecule has 0 bridgehead atoms. The van der Waals surface area contributed by atoms with Crippen LogP contribution < -0.4 is 9.88 Å². The number of carboxylic acids is 3. The van der Waals surface area contributed by atoms with Gasteiger partial charge in [-0.3, -0.25) is 0 Å². The Bertz CT molecular complexity index is 2620. The van der Waals surface area contributed by atoms with Gasteiger partial charge in [0, 0.05) is 24.0 Å². The number of esters is 1. The first-order chi connectivity index (χ1) is 40.4. The monoisotopic (exact) mass is 1280 g/mol. The Kier molecular flexibility index (Phi) is 28.6. The van der Waals surface area contributed by atoms with E-state index in [2.05, 4.69) is 5.32 Å². The van der Waals surface area contributed by atoms with Crippen LogP contribution in [0.3, 0.4) is 0 Å². The van der Waals surface area contributed by atoms with Crippen LogP contribution >= 0.6 is 0 Å². The second kappa shape index (κ2) is 32.0. The van der Waals surface area contributed by atoms with E-state index in [-0.39, 0.29) is 57.1 Å². The van der Waals surface area contributed by atoms with Crippen LogP contribution in [-0.4, -0.2) is 166 Å². The third-order valence-electron chi connectivity index (χ3n) is 11.5.